The second-order valence-electron chi connectivity index (χ2n) is 5.59. The number of aromatic amines is 1. The molecule has 0 radical (unpaired) electrons. The summed E-state index contributed by atoms with van der Waals surface area (Å²) in [5.41, 5.74) is 3.73. The maximum Gasteiger partial charge on any atom is 0.298 e. The van der Waals surface area contributed by atoms with Gasteiger partial charge in [0, 0.05) is 15.9 Å². The zero-order chi connectivity index (χ0) is 16.7. The van der Waals surface area contributed by atoms with Gasteiger partial charge in [0.15, 0.2) is 0 Å². The van der Waals surface area contributed by atoms with E-state index in [2.05, 4.69) is 15.1 Å². The molecular weight excluding hydrogens is 324 g/mol. The van der Waals surface area contributed by atoms with E-state index in [0.29, 0.717) is 16.1 Å². The van der Waals surface area contributed by atoms with E-state index >= 15 is 0 Å². The number of H-pyrrole nitrogens is 1. The average molecular weight is 337 g/mol. The molecular formula is C18H13ClN4O. The maximum absolute atomic E-state index is 12.6. The predicted molar refractivity (Wildman–Crippen MR) is 97.0 cm³/mol. The van der Waals surface area contributed by atoms with Crippen LogP contribution in [0.4, 0.5) is 0 Å². The Morgan fingerprint density at radius 2 is 2.00 bits per heavy atom. The second kappa shape index (κ2) is 5.62. The quantitative estimate of drug-likeness (QED) is 0.567. The van der Waals surface area contributed by atoms with Gasteiger partial charge in [-0.1, -0.05) is 35.4 Å². The molecule has 2 aromatic heterocycles. The van der Waals surface area contributed by atoms with Gasteiger partial charge < -0.3 is 4.98 Å². The van der Waals surface area contributed by atoms with Crippen molar-refractivity contribution in [3.05, 3.63) is 75.3 Å². The van der Waals surface area contributed by atoms with Gasteiger partial charge in [-0.15, -0.1) is 0 Å². The topological polar surface area (TPSA) is 63.0 Å². The summed E-state index contributed by atoms with van der Waals surface area (Å²) in [6.07, 6.45) is 3.03. The van der Waals surface area contributed by atoms with Crippen LogP contribution < -0.4 is 5.56 Å². The lowest BCUT2D eigenvalue weighted by atomic mass is 10.2. The van der Waals surface area contributed by atoms with Gasteiger partial charge in [0.05, 0.1) is 6.21 Å². The fourth-order valence-electron chi connectivity index (χ4n) is 2.62. The first-order valence-corrected chi connectivity index (χ1v) is 7.79. The van der Waals surface area contributed by atoms with Gasteiger partial charge in [0.1, 0.15) is 17.4 Å². The summed E-state index contributed by atoms with van der Waals surface area (Å²) < 4.78 is 1.22. The lowest BCUT2D eigenvalue weighted by Crippen LogP contribution is -2.17. The Bertz CT molecular complexity index is 1140. The fourth-order valence-corrected chi connectivity index (χ4v) is 2.75. The van der Waals surface area contributed by atoms with Crippen LogP contribution in [0.2, 0.25) is 5.02 Å². The molecule has 118 valence electrons. The molecule has 2 aromatic carbocycles. The van der Waals surface area contributed by atoms with Gasteiger partial charge in [0.2, 0.25) is 0 Å². The molecule has 0 bridgehead atoms. The Balaban J connectivity index is 1.82. The fraction of sp³-hybridized carbons (Fsp3) is 0.0556. The van der Waals surface area contributed by atoms with E-state index in [1.54, 1.807) is 18.3 Å². The van der Waals surface area contributed by atoms with E-state index in [1.807, 2.05) is 37.3 Å². The van der Waals surface area contributed by atoms with Crippen molar-refractivity contribution in [2.75, 3.05) is 0 Å². The summed E-state index contributed by atoms with van der Waals surface area (Å²) in [7, 11) is 0. The van der Waals surface area contributed by atoms with Gasteiger partial charge in [-0.05, 0) is 36.8 Å². The molecule has 0 saturated heterocycles. The van der Waals surface area contributed by atoms with E-state index < -0.39 is 0 Å². The van der Waals surface area contributed by atoms with Crippen LogP contribution in [0.1, 0.15) is 11.1 Å². The predicted octanol–water partition coefficient (Wildman–Crippen LogP) is 3.72. The molecule has 5 nitrogen and oxygen atoms in total. The lowest BCUT2D eigenvalue weighted by molar-refractivity contribution is 0.815. The zero-order valence-electron chi connectivity index (χ0n) is 12.8. The highest BCUT2D eigenvalue weighted by atomic mass is 35.5. The van der Waals surface area contributed by atoms with Crippen LogP contribution in [-0.2, 0) is 0 Å². The third-order valence-corrected chi connectivity index (χ3v) is 4.10. The van der Waals surface area contributed by atoms with Gasteiger partial charge in [-0.2, -0.15) is 9.78 Å². The second-order valence-corrected chi connectivity index (χ2v) is 6.02. The first kappa shape index (κ1) is 14.7. The molecule has 24 heavy (non-hydrogen) atoms. The molecule has 0 fully saturated rings. The van der Waals surface area contributed by atoms with Crippen LogP contribution in [0.3, 0.4) is 0 Å². The number of aryl methyl sites for hydroxylation is 1. The lowest BCUT2D eigenvalue weighted by Gasteiger charge is -1.98. The monoisotopic (exact) mass is 336 g/mol. The summed E-state index contributed by atoms with van der Waals surface area (Å²) in [4.78, 5) is 20.1. The Morgan fingerprint density at radius 1 is 1.21 bits per heavy atom. The van der Waals surface area contributed by atoms with Crippen molar-refractivity contribution in [3.8, 4) is 0 Å². The Hall–Kier alpha value is -2.92. The summed E-state index contributed by atoms with van der Waals surface area (Å²) >= 11 is 5.86. The number of hydrogen-bond donors (Lipinski definition) is 1. The van der Waals surface area contributed by atoms with Crippen LogP contribution in [-0.4, -0.2) is 20.9 Å². The van der Waals surface area contributed by atoms with E-state index in [4.69, 9.17) is 11.6 Å². The molecule has 0 aliphatic rings. The minimum Gasteiger partial charge on any atom is -0.349 e. The summed E-state index contributed by atoms with van der Waals surface area (Å²) in [6.45, 7) is 2.01. The minimum absolute atomic E-state index is 0.237. The Morgan fingerprint density at radius 3 is 2.79 bits per heavy atom. The van der Waals surface area contributed by atoms with Crippen LogP contribution in [0, 0.1) is 6.92 Å². The number of nitrogens with zero attached hydrogens (tertiary/aromatic N) is 3. The molecule has 1 N–H and O–H groups in total. The molecule has 0 aliphatic carbocycles. The summed E-state index contributed by atoms with van der Waals surface area (Å²) in [5, 5.41) is 5.79. The van der Waals surface area contributed by atoms with Crippen molar-refractivity contribution in [1.29, 1.82) is 0 Å². The summed E-state index contributed by atoms with van der Waals surface area (Å²) in [6, 6.07) is 13.2. The SMILES string of the molecule is Cc1ccc2[nH]c3c(=O)n(/N=C\c4ccc(Cl)cc4)cnc3c2c1. The van der Waals surface area contributed by atoms with Crippen LogP contribution in [0.5, 0.6) is 0 Å². The third kappa shape index (κ3) is 2.49. The van der Waals surface area contributed by atoms with Crippen LogP contribution in [0.15, 0.2) is 58.7 Å². The highest BCUT2D eigenvalue weighted by molar-refractivity contribution is 6.30. The molecule has 0 aliphatic heterocycles. The molecule has 4 rings (SSSR count). The molecule has 0 amide bonds. The minimum atomic E-state index is -0.237. The van der Waals surface area contributed by atoms with E-state index in [1.165, 1.54) is 11.0 Å². The molecule has 6 heteroatoms. The number of hydrogen-bond acceptors (Lipinski definition) is 3. The van der Waals surface area contributed by atoms with Crippen LogP contribution >= 0.6 is 11.6 Å². The smallest absolute Gasteiger partial charge is 0.298 e. The number of benzene rings is 2. The highest BCUT2D eigenvalue weighted by Crippen LogP contribution is 2.22. The number of nitrogens with one attached hydrogen (secondary N) is 1. The third-order valence-electron chi connectivity index (χ3n) is 3.85. The van der Waals surface area contributed by atoms with Crippen molar-refractivity contribution < 1.29 is 0 Å². The maximum atomic E-state index is 12.6. The molecule has 4 aromatic rings. The largest absolute Gasteiger partial charge is 0.349 e. The molecule has 0 unspecified atom stereocenters. The van der Waals surface area contributed by atoms with Gasteiger partial charge >= 0.3 is 0 Å². The van der Waals surface area contributed by atoms with Gasteiger partial charge in [-0.3, -0.25) is 4.79 Å². The van der Waals surface area contributed by atoms with E-state index in [9.17, 15) is 4.79 Å². The molecule has 0 saturated carbocycles. The molecule has 0 atom stereocenters. The van der Waals surface area contributed by atoms with E-state index in [-0.39, 0.29) is 5.56 Å². The van der Waals surface area contributed by atoms with Crippen molar-refractivity contribution in [2.24, 2.45) is 5.10 Å². The number of aromatic nitrogens is 3. The molecule has 0 spiro atoms. The summed E-state index contributed by atoms with van der Waals surface area (Å²) in [5.74, 6) is 0. The van der Waals surface area contributed by atoms with E-state index in [0.717, 1.165) is 22.0 Å². The van der Waals surface area contributed by atoms with Gasteiger partial charge in [-0.25, -0.2) is 4.98 Å². The van der Waals surface area contributed by atoms with Crippen molar-refractivity contribution >= 4 is 39.8 Å². The van der Waals surface area contributed by atoms with Crippen molar-refractivity contribution in [1.82, 2.24) is 14.6 Å². The Kier molecular flexibility index (Phi) is 3.43. The Labute approximate surface area is 142 Å². The van der Waals surface area contributed by atoms with Crippen molar-refractivity contribution in [3.63, 3.8) is 0 Å². The number of rotatable bonds is 2. The number of fused-ring (bicyclic) bond motifs is 3. The normalized spacial score (nSPS) is 11.8. The first-order valence-electron chi connectivity index (χ1n) is 7.41. The van der Waals surface area contributed by atoms with Crippen LogP contribution in [0.25, 0.3) is 21.9 Å². The van der Waals surface area contributed by atoms with Crippen molar-refractivity contribution in [2.45, 2.75) is 6.92 Å². The highest BCUT2D eigenvalue weighted by Gasteiger charge is 2.10. The van der Waals surface area contributed by atoms with Gasteiger partial charge in [0.25, 0.3) is 5.56 Å². The standard InChI is InChI=1S/C18H13ClN4O/c1-11-2-7-15-14(8-11)16-17(22-15)18(24)23(10-20-16)21-9-12-3-5-13(19)6-4-12/h2-10,22H,1H3/b21-9-. The zero-order valence-corrected chi connectivity index (χ0v) is 13.6. The first-order chi connectivity index (χ1) is 11.6. The molecule has 2 heterocycles. The number of halogens is 1. The average Bonchev–Trinajstić information content (AvgIpc) is 2.95.